The predicted octanol–water partition coefficient (Wildman–Crippen LogP) is 1.63. The van der Waals surface area contributed by atoms with Crippen molar-refractivity contribution in [3.8, 4) is 0 Å². The van der Waals surface area contributed by atoms with Crippen molar-refractivity contribution >= 4 is 11.3 Å². The molecule has 2 atom stereocenters. The maximum atomic E-state index is 5.96. The van der Waals surface area contributed by atoms with Gasteiger partial charge in [0.15, 0.2) is 0 Å². The summed E-state index contributed by atoms with van der Waals surface area (Å²) in [7, 11) is 0. The van der Waals surface area contributed by atoms with E-state index in [1.54, 1.807) is 11.3 Å². The third kappa shape index (κ3) is 1.90. The topological polar surface area (TPSA) is 48.1 Å². The molecular formula is C9H14N2OS. The molecule has 13 heavy (non-hydrogen) atoms. The molecule has 2 N–H and O–H groups in total. The van der Waals surface area contributed by atoms with E-state index in [9.17, 15) is 0 Å². The third-order valence-electron chi connectivity index (χ3n) is 2.30. The Bertz CT molecular complexity index is 287. The van der Waals surface area contributed by atoms with Gasteiger partial charge in [-0.05, 0) is 19.8 Å². The maximum absolute atomic E-state index is 5.96. The molecule has 0 aromatic carbocycles. The van der Waals surface area contributed by atoms with Crippen molar-refractivity contribution in [1.82, 2.24) is 4.98 Å². The van der Waals surface area contributed by atoms with Crippen LogP contribution in [0.2, 0.25) is 0 Å². The molecule has 0 saturated carbocycles. The second-order valence-electron chi connectivity index (χ2n) is 3.39. The van der Waals surface area contributed by atoms with Gasteiger partial charge in [0.25, 0.3) is 0 Å². The largest absolute Gasteiger partial charge is 0.370 e. The fourth-order valence-corrected chi connectivity index (χ4v) is 2.26. The molecule has 1 saturated heterocycles. The first-order valence-electron chi connectivity index (χ1n) is 4.56. The Labute approximate surface area is 81.9 Å². The van der Waals surface area contributed by atoms with Crippen molar-refractivity contribution in [3.63, 3.8) is 0 Å². The van der Waals surface area contributed by atoms with Gasteiger partial charge in [0.2, 0.25) is 0 Å². The van der Waals surface area contributed by atoms with Crippen LogP contribution in [0.15, 0.2) is 5.38 Å². The van der Waals surface area contributed by atoms with E-state index in [1.807, 2.05) is 12.3 Å². The SMILES string of the molecule is Cc1nc(C2OCCCC2N)cs1. The molecule has 1 aliphatic rings. The van der Waals surface area contributed by atoms with E-state index in [4.69, 9.17) is 10.5 Å². The minimum atomic E-state index is 0.0266. The first-order chi connectivity index (χ1) is 6.27. The van der Waals surface area contributed by atoms with E-state index >= 15 is 0 Å². The molecule has 2 heterocycles. The lowest BCUT2D eigenvalue weighted by atomic mass is 10.0. The highest BCUT2D eigenvalue weighted by molar-refractivity contribution is 7.09. The number of rotatable bonds is 1. The van der Waals surface area contributed by atoms with Crippen LogP contribution >= 0.6 is 11.3 Å². The van der Waals surface area contributed by atoms with Gasteiger partial charge >= 0.3 is 0 Å². The molecule has 2 unspecified atom stereocenters. The monoisotopic (exact) mass is 198 g/mol. The van der Waals surface area contributed by atoms with Crippen LogP contribution in [0.4, 0.5) is 0 Å². The first-order valence-corrected chi connectivity index (χ1v) is 5.44. The quantitative estimate of drug-likeness (QED) is 0.746. The lowest BCUT2D eigenvalue weighted by Crippen LogP contribution is -2.34. The fraction of sp³-hybridized carbons (Fsp3) is 0.667. The molecule has 0 aliphatic carbocycles. The third-order valence-corrected chi connectivity index (χ3v) is 3.09. The van der Waals surface area contributed by atoms with Gasteiger partial charge in [-0.15, -0.1) is 11.3 Å². The van der Waals surface area contributed by atoms with E-state index in [-0.39, 0.29) is 12.1 Å². The Balaban J connectivity index is 2.14. The Morgan fingerprint density at radius 2 is 2.54 bits per heavy atom. The molecule has 1 aromatic heterocycles. The summed E-state index contributed by atoms with van der Waals surface area (Å²) in [5, 5.41) is 3.13. The minimum absolute atomic E-state index is 0.0266. The van der Waals surface area contributed by atoms with Gasteiger partial charge in [-0.25, -0.2) is 4.98 Å². The molecule has 3 nitrogen and oxygen atoms in total. The smallest absolute Gasteiger partial charge is 0.115 e. The fourth-order valence-electron chi connectivity index (χ4n) is 1.62. The average Bonchev–Trinajstić information content (AvgIpc) is 2.53. The van der Waals surface area contributed by atoms with Crippen LogP contribution in [0.1, 0.15) is 29.6 Å². The highest BCUT2D eigenvalue weighted by atomic mass is 32.1. The lowest BCUT2D eigenvalue weighted by Gasteiger charge is -2.27. The van der Waals surface area contributed by atoms with Gasteiger partial charge in [-0.1, -0.05) is 0 Å². The molecular weight excluding hydrogens is 184 g/mol. The van der Waals surface area contributed by atoms with E-state index < -0.39 is 0 Å². The summed E-state index contributed by atoms with van der Waals surface area (Å²) in [6, 6.07) is 0.121. The second kappa shape index (κ2) is 3.74. The van der Waals surface area contributed by atoms with E-state index in [0.29, 0.717) is 0 Å². The number of hydrogen-bond acceptors (Lipinski definition) is 4. The van der Waals surface area contributed by atoms with Gasteiger partial charge in [-0.2, -0.15) is 0 Å². The Morgan fingerprint density at radius 3 is 3.15 bits per heavy atom. The zero-order valence-corrected chi connectivity index (χ0v) is 8.51. The summed E-state index contributed by atoms with van der Waals surface area (Å²) in [6.45, 7) is 2.82. The van der Waals surface area contributed by atoms with Crippen molar-refractivity contribution in [2.24, 2.45) is 5.73 Å². The molecule has 4 heteroatoms. The van der Waals surface area contributed by atoms with Crippen LogP contribution in [0.5, 0.6) is 0 Å². The average molecular weight is 198 g/mol. The number of nitrogens with two attached hydrogens (primary N) is 1. The summed E-state index contributed by atoms with van der Waals surface area (Å²) in [6.07, 6.45) is 2.14. The molecule has 1 fully saturated rings. The second-order valence-corrected chi connectivity index (χ2v) is 4.45. The lowest BCUT2D eigenvalue weighted by molar-refractivity contribution is -0.00212. The summed E-state index contributed by atoms with van der Waals surface area (Å²) in [5.74, 6) is 0. The molecule has 0 radical (unpaired) electrons. The normalized spacial score (nSPS) is 29.1. The molecule has 1 aromatic rings. The number of aromatic nitrogens is 1. The van der Waals surface area contributed by atoms with Gasteiger partial charge in [0.1, 0.15) is 6.10 Å². The van der Waals surface area contributed by atoms with Crippen molar-refractivity contribution in [1.29, 1.82) is 0 Å². The molecule has 0 bridgehead atoms. The molecule has 2 rings (SSSR count). The van der Waals surface area contributed by atoms with Crippen molar-refractivity contribution in [2.45, 2.75) is 31.9 Å². The van der Waals surface area contributed by atoms with Crippen LogP contribution in [-0.2, 0) is 4.74 Å². The zero-order valence-electron chi connectivity index (χ0n) is 7.69. The van der Waals surface area contributed by atoms with E-state index in [0.717, 1.165) is 30.2 Å². The van der Waals surface area contributed by atoms with Crippen molar-refractivity contribution in [2.75, 3.05) is 6.61 Å². The van der Waals surface area contributed by atoms with Crippen molar-refractivity contribution in [3.05, 3.63) is 16.1 Å². The molecule has 1 aliphatic heterocycles. The van der Waals surface area contributed by atoms with Crippen LogP contribution in [0.3, 0.4) is 0 Å². The Hall–Kier alpha value is -0.450. The first kappa shape index (κ1) is 9.12. The van der Waals surface area contributed by atoms with Gasteiger partial charge in [0.05, 0.1) is 10.7 Å². The Kier molecular flexibility index (Phi) is 2.62. The van der Waals surface area contributed by atoms with Crippen LogP contribution in [0.25, 0.3) is 0 Å². The van der Waals surface area contributed by atoms with Crippen LogP contribution in [-0.4, -0.2) is 17.6 Å². The van der Waals surface area contributed by atoms with Gasteiger partial charge in [-0.3, -0.25) is 0 Å². The number of ether oxygens (including phenoxy) is 1. The number of thiazole rings is 1. The van der Waals surface area contributed by atoms with E-state index in [1.165, 1.54) is 0 Å². The highest BCUT2D eigenvalue weighted by Crippen LogP contribution is 2.27. The number of aryl methyl sites for hydroxylation is 1. The summed E-state index contributed by atoms with van der Waals surface area (Å²) in [5.41, 5.74) is 6.97. The summed E-state index contributed by atoms with van der Waals surface area (Å²) < 4.78 is 5.61. The summed E-state index contributed by atoms with van der Waals surface area (Å²) in [4.78, 5) is 4.40. The Morgan fingerprint density at radius 1 is 1.69 bits per heavy atom. The van der Waals surface area contributed by atoms with E-state index in [2.05, 4.69) is 4.98 Å². The minimum Gasteiger partial charge on any atom is -0.370 e. The predicted molar refractivity (Wildman–Crippen MR) is 52.8 cm³/mol. The van der Waals surface area contributed by atoms with Crippen molar-refractivity contribution < 1.29 is 4.74 Å². The summed E-state index contributed by atoms with van der Waals surface area (Å²) >= 11 is 1.65. The zero-order chi connectivity index (χ0) is 9.26. The highest BCUT2D eigenvalue weighted by Gasteiger charge is 2.25. The standard InChI is InChI=1S/C9H14N2OS/c1-6-11-8(5-13-6)9-7(10)3-2-4-12-9/h5,7,9H,2-4,10H2,1H3. The maximum Gasteiger partial charge on any atom is 0.115 e. The van der Waals surface area contributed by atoms with Gasteiger partial charge in [0, 0.05) is 18.0 Å². The number of nitrogens with zero attached hydrogens (tertiary/aromatic N) is 1. The molecule has 72 valence electrons. The molecule has 0 amide bonds. The van der Waals surface area contributed by atoms with Crippen LogP contribution < -0.4 is 5.73 Å². The van der Waals surface area contributed by atoms with Gasteiger partial charge < -0.3 is 10.5 Å². The van der Waals surface area contributed by atoms with Crippen LogP contribution in [0, 0.1) is 6.92 Å². The number of hydrogen-bond donors (Lipinski definition) is 1. The molecule has 0 spiro atoms.